The van der Waals surface area contributed by atoms with Crippen LogP contribution in [-0.4, -0.2) is 23.5 Å². The molecule has 0 bridgehead atoms. The molecule has 0 unspecified atom stereocenters. The monoisotopic (exact) mass is 326 g/mol. The van der Waals surface area contributed by atoms with E-state index in [-0.39, 0.29) is 17.5 Å². The summed E-state index contributed by atoms with van der Waals surface area (Å²) in [5, 5.41) is 6.62. The van der Waals surface area contributed by atoms with Gasteiger partial charge in [-0.2, -0.15) is 0 Å². The summed E-state index contributed by atoms with van der Waals surface area (Å²) >= 11 is 0. The number of nitrogens with zero attached hydrogens (tertiary/aromatic N) is 1. The predicted octanol–water partition coefficient (Wildman–Crippen LogP) is 3.16. The van der Waals surface area contributed by atoms with E-state index in [1.807, 2.05) is 0 Å². The largest absolute Gasteiger partial charge is 0.382 e. The van der Waals surface area contributed by atoms with Crippen molar-refractivity contribution < 1.29 is 18.8 Å². The fourth-order valence-corrected chi connectivity index (χ4v) is 2.37. The number of hydrogen-bond acceptors (Lipinski definition) is 4. The van der Waals surface area contributed by atoms with E-state index in [2.05, 4.69) is 10.5 Å². The number of rotatable bonds is 4. The Morgan fingerprint density at radius 1 is 1.21 bits per heavy atom. The van der Waals surface area contributed by atoms with Crippen LogP contribution in [0.15, 0.2) is 53.7 Å². The number of carbonyl (C=O) groups excluding carboxylic acids is 2. The number of amides is 1. The molecule has 0 spiro atoms. The first-order chi connectivity index (χ1) is 11.5. The normalized spacial score (nSPS) is 16.2. The van der Waals surface area contributed by atoms with Crippen molar-refractivity contribution in [1.82, 2.24) is 0 Å². The predicted molar refractivity (Wildman–Crippen MR) is 87.5 cm³/mol. The Bertz CT molecular complexity index is 815. The Balaban J connectivity index is 1.64. The van der Waals surface area contributed by atoms with E-state index >= 15 is 0 Å². The van der Waals surface area contributed by atoms with Crippen LogP contribution in [0, 0.1) is 5.82 Å². The summed E-state index contributed by atoms with van der Waals surface area (Å²) in [4.78, 5) is 28.8. The molecular weight excluding hydrogens is 311 g/mol. The highest BCUT2D eigenvalue weighted by Gasteiger charge is 2.29. The van der Waals surface area contributed by atoms with Crippen molar-refractivity contribution >= 4 is 23.1 Å². The summed E-state index contributed by atoms with van der Waals surface area (Å²) < 4.78 is 13.0. The van der Waals surface area contributed by atoms with E-state index in [9.17, 15) is 14.0 Å². The van der Waals surface area contributed by atoms with Gasteiger partial charge in [-0.05, 0) is 36.8 Å². The topological polar surface area (TPSA) is 67.8 Å². The summed E-state index contributed by atoms with van der Waals surface area (Å²) in [6.07, 6.45) is -0.463. The summed E-state index contributed by atoms with van der Waals surface area (Å²) in [6.45, 7) is 1.46. The second-order valence-electron chi connectivity index (χ2n) is 5.47. The molecule has 0 radical (unpaired) electrons. The second-order valence-corrected chi connectivity index (χ2v) is 5.47. The SMILES string of the molecule is CC(=O)c1cccc(NC(=O)[C@@H]2CC(c3ccc(F)cc3)=NO2)c1. The summed E-state index contributed by atoms with van der Waals surface area (Å²) in [7, 11) is 0. The maximum atomic E-state index is 13.0. The number of ketones is 1. The quantitative estimate of drug-likeness (QED) is 0.878. The van der Waals surface area contributed by atoms with E-state index in [0.717, 1.165) is 0 Å². The van der Waals surface area contributed by atoms with Gasteiger partial charge < -0.3 is 10.2 Å². The summed E-state index contributed by atoms with van der Waals surface area (Å²) in [5.41, 5.74) is 2.34. The number of carbonyl (C=O) groups is 2. The molecule has 1 aliphatic rings. The zero-order chi connectivity index (χ0) is 17.1. The number of Topliss-reactive ketones (excluding diaryl/α,β-unsaturated/α-hetero) is 1. The Morgan fingerprint density at radius 2 is 1.96 bits per heavy atom. The first-order valence-corrected chi connectivity index (χ1v) is 7.43. The minimum Gasteiger partial charge on any atom is -0.382 e. The molecule has 0 aliphatic carbocycles. The molecule has 0 saturated heterocycles. The first-order valence-electron chi connectivity index (χ1n) is 7.43. The molecule has 6 heteroatoms. The number of anilines is 1. The zero-order valence-electron chi connectivity index (χ0n) is 13.0. The average molecular weight is 326 g/mol. The highest BCUT2D eigenvalue weighted by molar-refractivity contribution is 6.06. The van der Waals surface area contributed by atoms with Crippen LogP contribution < -0.4 is 5.32 Å². The molecule has 1 heterocycles. The highest BCUT2D eigenvalue weighted by atomic mass is 19.1. The van der Waals surface area contributed by atoms with Crippen LogP contribution in [0.3, 0.4) is 0 Å². The standard InChI is InChI=1S/C18H15FN2O3/c1-11(22)13-3-2-4-15(9-13)20-18(23)17-10-16(21-24-17)12-5-7-14(19)8-6-12/h2-9,17H,10H2,1H3,(H,20,23)/t17-/m0/s1. The van der Waals surface area contributed by atoms with Crippen molar-refractivity contribution in [2.75, 3.05) is 5.32 Å². The van der Waals surface area contributed by atoms with Crippen molar-refractivity contribution in [2.24, 2.45) is 5.16 Å². The third-order valence-corrected chi connectivity index (χ3v) is 3.68. The minimum atomic E-state index is -0.758. The lowest BCUT2D eigenvalue weighted by molar-refractivity contribution is -0.125. The van der Waals surface area contributed by atoms with Gasteiger partial charge in [0.25, 0.3) is 5.91 Å². The van der Waals surface area contributed by atoms with Crippen LogP contribution in [0.5, 0.6) is 0 Å². The molecule has 2 aromatic rings. The van der Waals surface area contributed by atoms with Gasteiger partial charge >= 0.3 is 0 Å². The molecule has 3 rings (SSSR count). The zero-order valence-corrected chi connectivity index (χ0v) is 13.0. The van der Waals surface area contributed by atoms with E-state index in [4.69, 9.17) is 4.84 Å². The van der Waals surface area contributed by atoms with Gasteiger partial charge in [0.1, 0.15) is 5.82 Å². The molecule has 122 valence electrons. The molecular formula is C18H15FN2O3. The van der Waals surface area contributed by atoms with E-state index < -0.39 is 6.10 Å². The molecule has 0 saturated carbocycles. The van der Waals surface area contributed by atoms with E-state index in [0.29, 0.717) is 28.9 Å². The number of nitrogens with one attached hydrogen (secondary N) is 1. The molecule has 5 nitrogen and oxygen atoms in total. The highest BCUT2D eigenvalue weighted by Crippen LogP contribution is 2.19. The smallest absolute Gasteiger partial charge is 0.268 e. The van der Waals surface area contributed by atoms with Gasteiger partial charge in [0.15, 0.2) is 5.78 Å². The van der Waals surface area contributed by atoms with Crippen LogP contribution in [0.4, 0.5) is 10.1 Å². The van der Waals surface area contributed by atoms with Crippen LogP contribution in [-0.2, 0) is 9.63 Å². The summed E-state index contributed by atoms with van der Waals surface area (Å²) in [6, 6.07) is 12.5. The maximum absolute atomic E-state index is 13.0. The van der Waals surface area contributed by atoms with Crippen molar-refractivity contribution in [3.63, 3.8) is 0 Å². The van der Waals surface area contributed by atoms with Crippen molar-refractivity contribution in [3.8, 4) is 0 Å². The molecule has 24 heavy (non-hydrogen) atoms. The van der Waals surface area contributed by atoms with Crippen molar-refractivity contribution in [2.45, 2.75) is 19.4 Å². The summed E-state index contributed by atoms with van der Waals surface area (Å²) in [5.74, 6) is -0.764. The number of hydrogen-bond donors (Lipinski definition) is 1. The first kappa shape index (κ1) is 15.9. The van der Waals surface area contributed by atoms with E-state index in [1.54, 1.807) is 36.4 Å². The van der Waals surface area contributed by atoms with Gasteiger partial charge in [-0.15, -0.1) is 0 Å². The number of halogens is 1. The Labute approximate surface area is 138 Å². The minimum absolute atomic E-state index is 0.0786. The molecule has 1 atom stereocenters. The maximum Gasteiger partial charge on any atom is 0.268 e. The third kappa shape index (κ3) is 3.48. The van der Waals surface area contributed by atoms with Crippen molar-refractivity contribution in [3.05, 3.63) is 65.5 Å². The second kappa shape index (κ2) is 6.62. The fourth-order valence-electron chi connectivity index (χ4n) is 2.37. The van der Waals surface area contributed by atoms with Crippen LogP contribution in [0.25, 0.3) is 0 Å². The van der Waals surface area contributed by atoms with Crippen molar-refractivity contribution in [1.29, 1.82) is 0 Å². The lowest BCUT2D eigenvalue weighted by Crippen LogP contribution is -2.28. The van der Waals surface area contributed by atoms with Gasteiger partial charge in [0.05, 0.1) is 5.71 Å². The lowest BCUT2D eigenvalue weighted by Gasteiger charge is -2.10. The van der Waals surface area contributed by atoms with E-state index in [1.165, 1.54) is 19.1 Å². The molecule has 1 N–H and O–H groups in total. The molecule has 1 aliphatic heterocycles. The lowest BCUT2D eigenvalue weighted by atomic mass is 10.0. The van der Waals surface area contributed by atoms with Crippen LogP contribution in [0.1, 0.15) is 29.3 Å². The Morgan fingerprint density at radius 3 is 2.67 bits per heavy atom. The van der Waals surface area contributed by atoms with Gasteiger partial charge in [-0.3, -0.25) is 9.59 Å². The molecule has 2 aromatic carbocycles. The average Bonchev–Trinajstić information content (AvgIpc) is 3.06. The van der Waals surface area contributed by atoms with Gasteiger partial charge in [-0.1, -0.05) is 29.4 Å². The Kier molecular flexibility index (Phi) is 4.37. The van der Waals surface area contributed by atoms with Crippen LogP contribution >= 0.6 is 0 Å². The number of benzene rings is 2. The number of oxime groups is 1. The molecule has 1 amide bonds. The third-order valence-electron chi connectivity index (χ3n) is 3.68. The molecule has 0 aromatic heterocycles. The van der Waals surface area contributed by atoms with Gasteiger partial charge in [0, 0.05) is 17.7 Å². The van der Waals surface area contributed by atoms with Gasteiger partial charge in [0.2, 0.25) is 6.10 Å². The fraction of sp³-hybridized carbons (Fsp3) is 0.167. The molecule has 0 fully saturated rings. The van der Waals surface area contributed by atoms with Crippen LogP contribution in [0.2, 0.25) is 0 Å². The van der Waals surface area contributed by atoms with Gasteiger partial charge in [-0.25, -0.2) is 4.39 Å². The Hall–Kier alpha value is -3.02.